The minimum Gasteiger partial charge on any atom is -0.387 e. The molecule has 1 N–H and O–H groups in total. The molecule has 17 heavy (non-hydrogen) atoms. The van der Waals surface area contributed by atoms with E-state index in [4.69, 9.17) is 0 Å². The van der Waals surface area contributed by atoms with Gasteiger partial charge in [0.15, 0.2) is 0 Å². The Morgan fingerprint density at radius 3 is 2.35 bits per heavy atom. The van der Waals surface area contributed by atoms with E-state index in [1.54, 1.807) is 0 Å². The van der Waals surface area contributed by atoms with Gasteiger partial charge in [0.1, 0.15) is 0 Å². The van der Waals surface area contributed by atoms with Crippen molar-refractivity contribution in [3.05, 3.63) is 35.9 Å². The first-order valence-corrected chi connectivity index (χ1v) is 6.60. The second-order valence-corrected chi connectivity index (χ2v) is 5.59. The second kappa shape index (κ2) is 5.65. The lowest BCUT2D eigenvalue weighted by molar-refractivity contribution is 0.0699. The molecule has 0 amide bonds. The maximum Gasteiger partial charge on any atom is 0.0916 e. The van der Waals surface area contributed by atoms with Gasteiger partial charge < -0.3 is 5.11 Å². The van der Waals surface area contributed by atoms with Crippen molar-refractivity contribution >= 4 is 0 Å². The van der Waals surface area contributed by atoms with Gasteiger partial charge in [-0.25, -0.2) is 0 Å². The van der Waals surface area contributed by atoms with Gasteiger partial charge >= 0.3 is 0 Å². The first-order valence-electron chi connectivity index (χ1n) is 6.60. The Hall–Kier alpha value is -0.860. The lowest BCUT2D eigenvalue weighted by Gasteiger charge is -2.36. The average molecular weight is 233 g/mol. The molecule has 0 unspecified atom stereocenters. The maximum absolute atomic E-state index is 10.2. The summed E-state index contributed by atoms with van der Waals surface area (Å²) in [6, 6.07) is 9.96. The normalized spacial score (nSPS) is 27.9. The molecule has 94 valence electrons. The van der Waals surface area contributed by atoms with E-state index in [1.165, 1.54) is 6.42 Å². The summed E-state index contributed by atoms with van der Waals surface area (Å²) in [6.45, 7) is 7.61. The molecule has 0 saturated carbocycles. The molecule has 1 aromatic carbocycles. The van der Waals surface area contributed by atoms with Crippen LogP contribution in [0.3, 0.4) is 0 Å². The van der Waals surface area contributed by atoms with Crippen molar-refractivity contribution in [2.45, 2.75) is 26.4 Å². The molecule has 0 radical (unpaired) electrons. The Morgan fingerprint density at radius 1 is 1.18 bits per heavy atom. The summed E-state index contributed by atoms with van der Waals surface area (Å²) in [6.07, 6.45) is 0.964. The monoisotopic (exact) mass is 233 g/mol. The molecule has 3 atom stereocenters. The number of piperidine rings is 1. The van der Waals surface area contributed by atoms with Crippen LogP contribution in [0.5, 0.6) is 0 Å². The molecule has 1 saturated heterocycles. The van der Waals surface area contributed by atoms with Crippen LogP contribution in [0.1, 0.15) is 31.9 Å². The number of hydrogen-bond acceptors (Lipinski definition) is 2. The first kappa shape index (κ1) is 12.6. The van der Waals surface area contributed by atoms with E-state index >= 15 is 0 Å². The topological polar surface area (TPSA) is 23.5 Å². The molecule has 1 aliphatic heterocycles. The summed E-state index contributed by atoms with van der Waals surface area (Å²) in [7, 11) is 0. The molecule has 2 rings (SSSR count). The molecule has 0 aliphatic carbocycles. The standard InChI is InChI=1S/C15H23NO/c1-12-8-13(2)10-16(9-12)11-15(17)14-6-4-3-5-7-14/h3-7,12-13,15,17H,8-11H2,1-2H3/t12-,13-,15-/m1/s1. The molecule has 2 nitrogen and oxygen atoms in total. The fraction of sp³-hybridized carbons (Fsp3) is 0.600. The summed E-state index contributed by atoms with van der Waals surface area (Å²) in [5, 5.41) is 10.2. The molecule has 1 aromatic rings. The molecule has 0 aromatic heterocycles. The molecule has 1 heterocycles. The number of hydrogen-bond donors (Lipinski definition) is 1. The van der Waals surface area contributed by atoms with Crippen molar-refractivity contribution in [1.29, 1.82) is 0 Å². The third kappa shape index (κ3) is 3.55. The Kier molecular flexibility index (Phi) is 4.19. The highest BCUT2D eigenvalue weighted by Crippen LogP contribution is 2.23. The van der Waals surface area contributed by atoms with E-state index in [-0.39, 0.29) is 6.10 Å². The van der Waals surface area contributed by atoms with Crippen molar-refractivity contribution in [2.24, 2.45) is 11.8 Å². The Labute approximate surface area is 104 Å². The molecular weight excluding hydrogens is 210 g/mol. The van der Waals surface area contributed by atoms with Crippen LogP contribution in [-0.4, -0.2) is 29.6 Å². The maximum atomic E-state index is 10.2. The quantitative estimate of drug-likeness (QED) is 0.867. The van der Waals surface area contributed by atoms with E-state index in [2.05, 4.69) is 18.7 Å². The highest BCUT2D eigenvalue weighted by Gasteiger charge is 2.23. The number of β-amino-alcohol motifs (C(OH)–C–C–N with tert-alkyl or cyclic N) is 1. The average Bonchev–Trinajstić information content (AvgIpc) is 2.28. The predicted octanol–water partition coefficient (Wildman–Crippen LogP) is 2.70. The van der Waals surface area contributed by atoms with Crippen LogP contribution in [0.25, 0.3) is 0 Å². The molecule has 2 heteroatoms. The second-order valence-electron chi connectivity index (χ2n) is 5.59. The van der Waals surface area contributed by atoms with Crippen LogP contribution in [0, 0.1) is 11.8 Å². The van der Waals surface area contributed by atoms with Crippen molar-refractivity contribution < 1.29 is 5.11 Å². The van der Waals surface area contributed by atoms with Gasteiger partial charge in [-0.1, -0.05) is 44.2 Å². The number of aliphatic hydroxyl groups excluding tert-OH is 1. The molecule has 1 fully saturated rings. The third-order valence-corrected chi connectivity index (χ3v) is 3.56. The van der Waals surface area contributed by atoms with E-state index in [0.717, 1.165) is 37.0 Å². The van der Waals surface area contributed by atoms with Crippen LogP contribution in [0.15, 0.2) is 30.3 Å². The summed E-state index contributed by atoms with van der Waals surface area (Å²) in [5.41, 5.74) is 1.03. The van der Waals surface area contributed by atoms with Gasteiger partial charge in [0, 0.05) is 19.6 Å². The third-order valence-electron chi connectivity index (χ3n) is 3.56. The zero-order valence-electron chi connectivity index (χ0n) is 10.8. The number of aliphatic hydroxyl groups is 1. The van der Waals surface area contributed by atoms with Crippen LogP contribution in [0.2, 0.25) is 0 Å². The Bertz CT molecular complexity index is 328. The van der Waals surface area contributed by atoms with E-state index in [9.17, 15) is 5.11 Å². The zero-order chi connectivity index (χ0) is 12.3. The SMILES string of the molecule is C[C@@H]1C[C@@H](C)CN(C[C@@H](O)c2ccccc2)C1. The lowest BCUT2D eigenvalue weighted by Crippen LogP contribution is -2.40. The van der Waals surface area contributed by atoms with Crippen molar-refractivity contribution in [3.8, 4) is 0 Å². The smallest absolute Gasteiger partial charge is 0.0916 e. The van der Waals surface area contributed by atoms with Gasteiger partial charge in [-0.2, -0.15) is 0 Å². The minimum atomic E-state index is -0.353. The van der Waals surface area contributed by atoms with Gasteiger partial charge in [-0.05, 0) is 23.8 Å². The van der Waals surface area contributed by atoms with Crippen LogP contribution >= 0.6 is 0 Å². The van der Waals surface area contributed by atoms with E-state index in [1.807, 2.05) is 30.3 Å². The van der Waals surface area contributed by atoms with Gasteiger partial charge in [-0.15, -0.1) is 0 Å². The van der Waals surface area contributed by atoms with Crippen LogP contribution in [0.4, 0.5) is 0 Å². The molecule has 0 spiro atoms. The Morgan fingerprint density at radius 2 is 1.76 bits per heavy atom. The highest BCUT2D eigenvalue weighted by molar-refractivity contribution is 5.17. The highest BCUT2D eigenvalue weighted by atomic mass is 16.3. The van der Waals surface area contributed by atoms with E-state index < -0.39 is 0 Å². The summed E-state index contributed by atoms with van der Waals surface area (Å²) in [4.78, 5) is 2.40. The Balaban J connectivity index is 1.92. The van der Waals surface area contributed by atoms with Crippen LogP contribution in [-0.2, 0) is 0 Å². The van der Waals surface area contributed by atoms with Crippen molar-refractivity contribution in [1.82, 2.24) is 4.90 Å². The van der Waals surface area contributed by atoms with Gasteiger partial charge in [-0.3, -0.25) is 4.90 Å². The number of rotatable bonds is 3. The fourth-order valence-corrected chi connectivity index (χ4v) is 2.97. The zero-order valence-corrected chi connectivity index (χ0v) is 10.8. The van der Waals surface area contributed by atoms with Crippen molar-refractivity contribution in [2.75, 3.05) is 19.6 Å². The predicted molar refractivity (Wildman–Crippen MR) is 70.8 cm³/mol. The first-order chi connectivity index (χ1) is 8.15. The summed E-state index contributed by atoms with van der Waals surface area (Å²) >= 11 is 0. The lowest BCUT2D eigenvalue weighted by atomic mass is 9.91. The summed E-state index contributed by atoms with van der Waals surface area (Å²) in [5.74, 6) is 1.50. The van der Waals surface area contributed by atoms with Gasteiger partial charge in [0.2, 0.25) is 0 Å². The molecule has 1 aliphatic rings. The van der Waals surface area contributed by atoms with E-state index in [0.29, 0.717) is 0 Å². The summed E-state index contributed by atoms with van der Waals surface area (Å²) < 4.78 is 0. The van der Waals surface area contributed by atoms with Gasteiger partial charge in [0.05, 0.1) is 6.10 Å². The number of likely N-dealkylation sites (tertiary alicyclic amines) is 1. The molecule has 0 bridgehead atoms. The van der Waals surface area contributed by atoms with Crippen molar-refractivity contribution in [3.63, 3.8) is 0 Å². The van der Waals surface area contributed by atoms with Crippen LogP contribution < -0.4 is 0 Å². The number of nitrogens with zero attached hydrogens (tertiary/aromatic N) is 1. The molecular formula is C15H23NO. The van der Waals surface area contributed by atoms with Gasteiger partial charge in [0.25, 0.3) is 0 Å². The number of benzene rings is 1. The minimum absolute atomic E-state index is 0.353. The fourth-order valence-electron chi connectivity index (χ4n) is 2.97. The largest absolute Gasteiger partial charge is 0.387 e.